The van der Waals surface area contributed by atoms with E-state index in [0.29, 0.717) is 30.8 Å². The van der Waals surface area contributed by atoms with Crippen molar-refractivity contribution in [3.05, 3.63) is 57.3 Å². The lowest BCUT2D eigenvalue weighted by Gasteiger charge is -2.36. The SMILES string of the molecule is Cc1cc(O)cc(=O)n1CC(=O)N1CCCCC1c1ccc2c(n1)CCNC2=O. The summed E-state index contributed by atoms with van der Waals surface area (Å²) in [7, 11) is 0. The molecule has 2 N–H and O–H groups in total. The van der Waals surface area contributed by atoms with Gasteiger partial charge in [0.15, 0.2) is 0 Å². The maximum absolute atomic E-state index is 13.1. The van der Waals surface area contributed by atoms with Crippen LogP contribution in [0, 0.1) is 6.92 Å². The van der Waals surface area contributed by atoms with Crippen LogP contribution in [0.3, 0.4) is 0 Å². The number of amides is 2. The van der Waals surface area contributed by atoms with Gasteiger partial charge >= 0.3 is 0 Å². The summed E-state index contributed by atoms with van der Waals surface area (Å²) < 4.78 is 1.37. The summed E-state index contributed by atoms with van der Waals surface area (Å²) in [5.41, 5.74) is 2.30. The summed E-state index contributed by atoms with van der Waals surface area (Å²) in [6, 6.07) is 6.04. The first-order chi connectivity index (χ1) is 13.9. The number of nitrogens with one attached hydrogen (secondary N) is 1. The molecule has 1 saturated heterocycles. The van der Waals surface area contributed by atoms with Gasteiger partial charge in [0, 0.05) is 31.3 Å². The van der Waals surface area contributed by atoms with E-state index in [0.717, 1.165) is 36.7 Å². The number of likely N-dealkylation sites (tertiary alicyclic amines) is 1. The summed E-state index contributed by atoms with van der Waals surface area (Å²) >= 11 is 0. The predicted molar refractivity (Wildman–Crippen MR) is 106 cm³/mol. The fraction of sp³-hybridized carbons (Fsp3) is 0.429. The first kappa shape index (κ1) is 19.2. The fourth-order valence-corrected chi connectivity index (χ4v) is 4.17. The molecular formula is C21H24N4O4. The predicted octanol–water partition coefficient (Wildman–Crippen LogP) is 1.30. The van der Waals surface area contributed by atoms with Crippen LogP contribution in [-0.4, -0.2) is 44.5 Å². The Hall–Kier alpha value is -3.16. The van der Waals surface area contributed by atoms with Crippen LogP contribution in [0.15, 0.2) is 29.1 Å². The van der Waals surface area contributed by atoms with Crippen molar-refractivity contribution in [1.29, 1.82) is 0 Å². The van der Waals surface area contributed by atoms with Crippen LogP contribution < -0.4 is 10.9 Å². The second-order valence-electron chi connectivity index (χ2n) is 7.61. The topological polar surface area (TPSA) is 105 Å². The van der Waals surface area contributed by atoms with Gasteiger partial charge in [-0.15, -0.1) is 0 Å². The van der Waals surface area contributed by atoms with Crippen LogP contribution in [0.1, 0.15) is 52.7 Å². The van der Waals surface area contributed by atoms with Crippen LogP contribution in [-0.2, 0) is 17.8 Å². The Morgan fingerprint density at radius 3 is 2.90 bits per heavy atom. The van der Waals surface area contributed by atoms with E-state index >= 15 is 0 Å². The van der Waals surface area contributed by atoms with E-state index in [4.69, 9.17) is 4.98 Å². The molecule has 0 aromatic carbocycles. The molecule has 2 aliphatic heterocycles. The zero-order chi connectivity index (χ0) is 20.5. The smallest absolute Gasteiger partial charge is 0.254 e. The average Bonchev–Trinajstić information content (AvgIpc) is 2.70. The Balaban J connectivity index is 1.60. The van der Waals surface area contributed by atoms with Crippen molar-refractivity contribution in [2.24, 2.45) is 0 Å². The molecule has 152 valence electrons. The van der Waals surface area contributed by atoms with E-state index < -0.39 is 5.56 Å². The standard InChI is InChI=1S/C21H24N4O4/c1-13-10-14(26)11-19(27)25(13)12-20(28)24-9-3-2-4-18(24)17-6-5-15-16(23-17)7-8-22-21(15)29/h5-6,10-11,18,26H,2-4,7-9,12H2,1H3,(H,22,29). The molecule has 2 aromatic heterocycles. The number of carbonyl (C=O) groups is 2. The van der Waals surface area contributed by atoms with E-state index in [1.54, 1.807) is 17.9 Å². The molecule has 4 heterocycles. The largest absolute Gasteiger partial charge is 0.508 e. The number of aromatic hydroxyl groups is 1. The third kappa shape index (κ3) is 3.74. The van der Waals surface area contributed by atoms with Crippen molar-refractivity contribution in [1.82, 2.24) is 19.8 Å². The number of piperidine rings is 1. The van der Waals surface area contributed by atoms with Gasteiger partial charge in [0.2, 0.25) is 5.91 Å². The highest BCUT2D eigenvalue weighted by Gasteiger charge is 2.30. The third-order valence-corrected chi connectivity index (χ3v) is 5.67. The molecule has 0 spiro atoms. The molecule has 8 heteroatoms. The number of pyridine rings is 2. The molecular weight excluding hydrogens is 372 g/mol. The van der Waals surface area contributed by atoms with Crippen molar-refractivity contribution in [2.45, 2.75) is 45.2 Å². The minimum Gasteiger partial charge on any atom is -0.508 e. The van der Waals surface area contributed by atoms with Crippen molar-refractivity contribution >= 4 is 11.8 Å². The number of hydrogen-bond acceptors (Lipinski definition) is 5. The quantitative estimate of drug-likeness (QED) is 0.814. The monoisotopic (exact) mass is 396 g/mol. The molecule has 0 saturated carbocycles. The van der Waals surface area contributed by atoms with Crippen LogP contribution in [0.2, 0.25) is 0 Å². The highest BCUT2D eigenvalue weighted by Crippen LogP contribution is 2.31. The minimum atomic E-state index is -0.401. The van der Waals surface area contributed by atoms with Crippen LogP contribution in [0.5, 0.6) is 5.75 Å². The second-order valence-corrected chi connectivity index (χ2v) is 7.61. The Bertz CT molecular complexity index is 1030. The first-order valence-corrected chi connectivity index (χ1v) is 9.92. The van der Waals surface area contributed by atoms with Gasteiger partial charge in [0.05, 0.1) is 23.0 Å². The van der Waals surface area contributed by atoms with Gasteiger partial charge < -0.3 is 19.9 Å². The summed E-state index contributed by atoms with van der Waals surface area (Å²) in [5, 5.41) is 12.4. The second kappa shape index (κ2) is 7.69. The zero-order valence-electron chi connectivity index (χ0n) is 16.4. The van der Waals surface area contributed by atoms with Crippen LogP contribution in [0.4, 0.5) is 0 Å². The summed E-state index contributed by atoms with van der Waals surface area (Å²) in [6.45, 7) is 2.79. The molecule has 0 bridgehead atoms. The molecule has 1 atom stereocenters. The van der Waals surface area contributed by atoms with Gasteiger partial charge in [-0.3, -0.25) is 19.4 Å². The summed E-state index contributed by atoms with van der Waals surface area (Å²) in [6.07, 6.45) is 3.37. The number of hydrogen-bond donors (Lipinski definition) is 2. The normalized spacial score (nSPS) is 18.9. The molecule has 2 amide bonds. The Morgan fingerprint density at radius 1 is 1.28 bits per heavy atom. The van der Waals surface area contributed by atoms with E-state index in [-0.39, 0.29) is 30.2 Å². The zero-order valence-corrected chi connectivity index (χ0v) is 16.4. The van der Waals surface area contributed by atoms with Gasteiger partial charge in [-0.1, -0.05) is 0 Å². The molecule has 1 unspecified atom stereocenters. The lowest BCUT2D eigenvalue weighted by molar-refractivity contribution is -0.136. The first-order valence-electron chi connectivity index (χ1n) is 9.92. The van der Waals surface area contributed by atoms with Crippen molar-refractivity contribution in [3.8, 4) is 5.75 Å². The molecule has 0 aliphatic carbocycles. The number of carbonyl (C=O) groups excluding carboxylic acids is 2. The van der Waals surface area contributed by atoms with Crippen molar-refractivity contribution in [2.75, 3.05) is 13.1 Å². The minimum absolute atomic E-state index is 0.0746. The Morgan fingerprint density at radius 2 is 2.10 bits per heavy atom. The Labute approximate surface area is 168 Å². The maximum atomic E-state index is 13.1. The Kier molecular flexibility index (Phi) is 5.08. The van der Waals surface area contributed by atoms with Gasteiger partial charge in [0.1, 0.15) is 12.3 Å². The van der Waals surface area contributed by atoms with Gasteiger partial charge in [-0.05, 0) is 44.4 Å². The van der Waals surface area contributed by atoms with Gasteiger partial charge in [0.25, 0.3) is 11.5 Å². The number of aryl methyl sites for hydroxylation is 1. The molecule has 2 aromatic rings. The third-order valence-electron chi connectivity index (χ3n) is 5.67. The van der Waals surface area contributed by atoms with E-state index in [1.807, 2.05) is 6.07 Å². The van der Waals surface area contributed by atoms with Crippen molar-refractivity contribution < 1.29 is 14.7 Å². The van der Waals surface area contributed by atoms with Gasteiger partial charge in [-0.2, -0.15) is 0 Å². The molecule has 1 fully saturated rings. The van der Waals surface area contributed by atoms with Gasteiger partial charge in [-0.25, -0.2) is 0 Å². The number of aromatic nitrogens is 2. The lowest BCUT2D eigenvalue weighted by atomic mass is 9.96. The molecule has 8 nitrogen and oxygen atoms in total. The fourth-order valence-electron chi connectivity index (χ4n) is 4.17. The number of fused-ring (bicyclic) bond motifs is 1. The highest BCUT2D eigenvalue weighted by molar-refractivity contribution is 5.96. The maximum Gasteiger partial charge on any atom is 0.254 e. The van der Waals surface area contributed by atoms with E-state index in [2.05, 4.69) is 5.32 Å². The van der Waals surface area contributed by atoms with Crippen LogP contribution in [0.25, 0.3) is 0 Å². The van der Waals surface area contributed by atoms with Crippen molar-refractivity contribution in [3.63, 3.8) is 0 Å². The molecule has 2 aliphatic rings. The molecule has 0 radical (unpaired) electrons. The molecule has 29 heavy (non-hydrogen) atoms. The lowest BCUT2D eigenvalue weighted by Crippen LogP contribution is -2.42. The van der Waals surface area contributed by atoms with E-state index in [1.165, 1.54) is 10.6 Å². The molecule has 4 rings (SSSR count). The highest BCUT2D eigenvalue weighted by atomic mass is 16.3. The summed E-state index contributed by atoms with van der Waals surface area (Å²) in [4.78, 5) is 43.8. The van der Waals surface area contributed by atoms with E-state index in [9.17, 15) is 19.5 Å². The summed E-state index contributed by atoms with van der Waals surface area (Å²) in [5.74, 6) is -0.360. The number of rotatable bonds is 3. The van der Waals surface area contributed by atoms with Crippen LogP contribution >= 0.6 is 0 Å². The number of nitrogens with zero attached hydrogens (tertiary/aromatic N) is 3. The average molecular weight is 396 g/mol.